The molecule has 1 N–H and O–H groups in total. The van der Waals surface area contributed by atoms with Crippen molar-refractivity contribution in [1.29, 1.82) is 0 Å². The number of nitrogens with zero attached hydrogens (tertiary/aromatic N) is 2. The number of benzene rings is 2. The molecular formula is C16H10IN3O3S. The Hall–Kier alpha value is -2.33. The van der Waals surface area contributed by atoms with Gasteiger partial charge in [0.1, 0.15) is 0 Å². The van der Waals surface area contributed by atoms with Crippen molar-refractivity contribution in [2.24, 2.45) is 0 Å². The predicted molar refractivity (Wildman–Crippen MR) is 101 cm³/mol. The molecule has 0 bridgehead atoms. The zero-order valence-corrected chi connectivity index (χ0v) is 15.1. The number of carbonyl (C=O) groups excluding carboxylic acids is 1. The van der Waals surface area contributed by atoms with Gasteiger partial charge in [-0.05, 0) is 40.8 Å². The lowest BCUT2D eigenvalue weighted by atomic mass is 10.1. The first-order valence-electron chi connectivity index (χ1n) is 6.80. The minimum absolute atomic E-state index is 0.00458. The molecule has 0 fully saturated rings. The largest absolute Gasteiger partial charge is 0.298 e. The Balaban J connectivity index is 1.80. The summed E-state index contributed by atoms with van der Waals surface area (Å²) in [6.45, 7) is 0. The van der Waals surface area contributed by atoms with E-state index in [-0.39, 0.29) is 11.6 Å². The summed E-state index contributed by atoms with van der Waals surface area (Å²) in [6.07, 6.45) is 0. The van der Waals surface area contributed by atoms with Crippen molar-refractivity contribution in [2.45, 2.75) is 0 Å². The number of anilines is 1. The fraction of sp³-hybridized carbons (Fsp3) is 0. The highest BCUT2D eigenvalue weighted by Crippen LogP contribution is 2.27. The second-order valence-corrected chi connectivity index (χ2v) is 6.91. The van der Waals surface area contributed by atoms with Crippen molar-refractivity contribution in [2.75, 3.05) is 5.32 Å². The lowest BCUT2D eigenvalue weighted by Gasteiger charge is -2.02. The first-order chi connectivity index (χ1) is 11.5. The quantitative estimate of drug-likeness (QED) is 0.358. The molecule has 8 heteroatoms. The van der Waals surface area contributed by atoms with Crippen LogP contribution in [0.1, 0.15) is 10.4 Å². The van der Waals surface area contributed by atoms with Crippen LogP contribution in [0, 0.1) is 13.7 Å². The van der Waals surface area contributed by atoms with Crippen LogP contribution in [0.3, 0.4) is 0 Å². The van der Waals surface area contributed by atoms with Crippen LogP contribution in [-0.4, -0.2) is 15.8 Å². The summed E-state index contributed by atoms with van der Waals surface area (Å²) >= 11 is 3.41. The predicted octanol–water partition coefficient (Wildman–Crippen LogP) is 4.58. The normalized spacial score (nSPS) is 10.4. The lowest BCUT2D eigenvalue weighted by molar-refractivity contribution is -0.384. The molecule has 0 radical (unpaired) electrons. The fourth-order valence-corrected chi connectivity index (χ4v) is 3.30. The number of nitro benzene ring substituents is 1. The minimum atomic E-state index is -0.449. The molecule has 1 heterocycles. The third-order valence-electron chi connectivity index (χ3n) is 3.16. The van der Waals surface area contributed by atoms with Crippen LogP contribution < -0.4 is 5.32 Å². The van der Waals surface area contributed by atoms with E-state index in [0.29, 0.717) is 22.0 Å². The van der Waals surface area contributed by atoms with Crippen LogP contribution >= 0.6 is 33.9 Å². The number of amides is 1. The Morgan fingerprint density at radius 2 is 2.00 bits per heavy atom. The van der Waals surface area contributed by atoms with Crippen molar-refractivity contribution in [1.82, 2.24) is 4.98 Å². The number of rotatable bonds is 4. The average Bonchev–Trinajstić information content (AvgIpc) is 3.03. The van der Waals surface area contributed by atoms with Gasteiger partial charge in [-0.2, -0.15) is 0 Å². The van der Waals surface area contributed by atoms with Gasteiger partial charge >= 0.3 is 0 Å². The van der Waals surface area contributed by atoms with Crippen molar-refractivity contribution in [3.63, 3.8) is 0 Å². The molecule has 3 aromatic rings. The van der Waals surface area contributed by atoms with Gasteiger partial charge in [-0.25, -0.2) is 4.98 Å². The summed E-state index contributed by atoms with van der Waals surface area (Å²) in [4.78, 5) is 27.0. The molecule has 120 valence electrons. The highest BCUT2D eigenvalue weighted by Gasteiger charge is 2.12. The maximum atomic E-state index is 12.2. The van der Waals surface area contributed by atoms with E-state index in [0.717, 1.165) is 3.57 Å². The summed E-state index contributed by atoms with van der Waals surface area (Å²) in [5, 5.41) is 15.8. The van der Waals surface area contributed by atoms with E-state index >= 15 is 0 Å². The maximum absolute atomic E-state index is 12.2. The second kappa shape index (κ2) is 7.05. The average molecular weight is 451 g/mol. The van der Waals surface area contributed by atoms with E-state index in [1.165, 1.54) is 23.5 Å². The summed E-state index contributed by atoms with van der Waals surface area (Å²) < 4.78 is 0.969. The Morgan fingerprint density at radius 3 is 2.75 bits per heavy atom. The van der Waals surface area contributed by atoms with E-state index in [2.05, 4.69) is 32.9 Å². The Morgan fingerprint density at radius 1 is 1.21 bits per heavy atom. The van der Waals surface area contributed by atoms with E-state index in [1.54, 1.807) is 29.6 Å². The van der Waals surface area contributed by atoms with Crippen LogP contribution in [-0.2, 0) is 0 Å². The van der Waals surface area contributed by atoms with E-state index in [1.807, 2.05) is 12.1 Å². The first-order valence-corrected chi connectivity index (χ1v) is 8.76. The Kier molecular flexibility index (Phi) is 4.86. The standard InChI is InChI=1S/C16H10IN3O3S/c17-12-5-1-4-11(7-12)15(21)19-16-18-14(9-24-16)10-3-2-6-13(8-10)20(22)23/h1-9H,(H,18,19,21). The first kappa shape index (κ1) is 16.5. The molecule has 1 aromatic heterocycles. The SMILES string of the molecule is O=C(Nc1nc(-c2cccc([N+](=O)[O-])c2)cs1)c1cccc(I)c1. The van der Waals surface area contributed by atoms with Gasteiger partial charge in [-0.1, -0.05) is 18.2 Å². The second-order valence-electron chi connectivity index (χ2n) is 4.81. The molecule has 6 nitrogen and oxygen atoms in total. The molecule has 3 rings (SSSR count). The van der Waals surface area contributed by atoms with Gasteiger partial charge in [-0.3, -0.25) is 20.2 Å². The number of nitrogens with one attached hydrogen (secondary N) is 1. The Labute approximate surface area is 154 Å². The molecule has 24 heavy (non-hydrogen) atoms. The molecular weight excluding hydrogens is 441 g/mol. The van der Waals surface area contributed by atoms with Gasteiger partial charge in [-0.15, -0.1) is 11.3 Å². The van der Waals surface area contributed by atoms with Crippen molar-refractivity contribution in [3.05, 3.63) is 73.2 Å². The van der Waals surface area contributed by atoms with Gasteiger partial charge in [0.2, 0.25) is 0 Å². The Bertz CT molecular complexity index is 926. The zero-order valence-electron chi connectivity index (χ0n) is 12.1. The summed E-state index contributed by atoms with van der Waals surface area (Å²) in [5.74, 6) is -0.242. The van der Waals surface area contributed by atoms with Crippen LogP contribution in [0.25, 0.3) is 11.3 Å². The third kappa shape index (κ3) is 3.77. The number of halogens is 1. The van der Waals surface area contributed by atoms with Gasteiger partial charge in [0.05, 0.1) is 10.6 Å². The van der Waals surface area contributed by atoms with Crippen molar-refractivity contribution < 1.29 is 9.72 Å². The fourth-order valence-electron chi connectivity index (χ4n) is 2.04. The molecule has 0 saturated carbocycles. The van der Waals surface area contributed by atoms with Crippen molar-refractivity contribution >= 4 is 50.7 Å². The maximum Gasteiger partial charge on any atom is 0.270 e. The van der Waals surface area contributed by atoms with Gasteiger partial charge in [0.25, 0.3) is 11.6 Å². The number of hydrogen-bond donors (Lipinski definition) is 1. The van der Waals surface area contributed by atoms with Gasteiger partial charge in [0.15, 0.2) is 5.13 Å². The van der Waals surface area contributed by atoms with Crippen LogP contribution in [0.2, 0.25) is 0 Å². The number of hydrogen-bond acceptors (Lipinski definition) is 5. The molecule has 0 atom stereocenters. The number of non-ortho nitro benzene ring substituents is 1. The molecule has 0 aliphatic heterocycles. The van der Waals surface area contributed by atoms with Crippen molar-refractivity contribution in [3.8, 4) is 11.3 Å². The lowest BCUT2D eigenvalue weighted by Crippen LogP contribution is -2.11. The van der Waals surface area contributed by atoms with Gasteiger partial charge in [0, 0.05) is 32.2 Å². The van der Waals surface area contributed by atoms with Crippen LogP contribution in [0.15, 0.2) is 53.9 Å². The number of aromatic nitrogens is 1. The molecule has 1 amide bonds. The molecule has 0 saturated heterocycles. The van der Waals surface area contributed by atoms with E-state index in [9.17, 15) is 14.9 Å². The smallest absolute Gasteiger partial charge is 0.270 e. The summed E-state index contributed by atoms with van der Waals surface area (Å²) in [5.41, 5.74) is 1.77. The summed E-state index contributed by atoms with van der Waals surface area (Å²) in [7, 11) is 0. The highest BCUT2D eigenvalue weighted by molar-refractivity contribution is 14.1. The number of thiazole rings is 1. The molecule has 0 unspecified atom stereocenters. The molecule has 0 spiro atoms. The third-order valence-corrected chi connectivity index (χ3v) is 4.59. The van der Waals surface area contributed by atoms with E-state index < -0.39 is 4.92 Å². The minimum Gasteiger partial charge on any atom is -0.298 e. The zero-order chi connectivity index (χ0) is 17.1. The molecule has 0 aliphatic rings. The molecule has 2 aromatic carbocycles. The van der Waals surface area contributed by atoms with E-state index in [4.69, 9.17) is 0 Å². The molecule has 0 aliphatic carbocycles. The van der Waals surface area contributed by atoms with Gasteiger partial charge < -0.3 is 0 Å². The van der Waals surface area contributed by atoms with Crippen LogP contribution in [0.4, 0.5) is 10.8 Å². The van der Waals surface area contributed by atoms with Crippen LogP contribution in [0.5, 0.6) is 0 Å². The monoisotopic (exact) mass is 451 g/mol. The number of carbonyl (C=O) groups is 1. The highest BCUT2D eigenvalue weighted by atomic mass is 127. The summed E-state index contributed by atoms with van der Waals surface area (Å²) in [6, 6.07) is 13.5. The number of nitro groups is 1. The topological polar surface area (TPSA) is 85.1 Å².